The second-order valence-corrected chi connectivity index (χ2v) is 8.35. The van der Waals surface area contributed by atoms with Gasteiger partial charge in [-0.3, -0.25) is 4.79 Å². The number of benzene rings is 1. The number of anilines is 2. The SMILES string of the molecule is CCN(CCC(C)C(=O)N(CC1CC1)c1ccc(Cl)cc1)c1ccc(Cl)cn1. The molecule has 0 spiro atoms. The van der Waals surface area contributed by atoms with E-state index in [4.69, 9.17) is 23.2 Å². The van der Waals surface area contributed by atoms with Gasteiger partial charge < -0.3 is 9.80 Å². The minimum Gasteiger partial charge on any atom is -0.357 e. The number of aromatic nitrogens is 1. The maximum atomic E-state index is 13.2. The summed E-state index contributed by atoms with van der Waals surface area (Å²) in [6.07, 6.45) is 4.84. The molecule has 1 aliphatic carbocycles. The van der Waals surface area contributed by atoms with Gasteiger partial charge in [0.05, 0.1) is 5.02 Å². The average molecular weight is 420 g/mol. The molecule has 28 heavy (non-hydrogen) atoms. The topological polar surface area (TPSA) is 36.4 Å². The van der Waals surface area contributed by atoms with Crippen LogP contribution < -0.4 is 9.80 Å². The average Bonchev–Trinajstić information content (AvgIpc) is 3.52. The van der Waals surface area contributed by atoms with Crippen LogP contribution in [0.3, 0.4) is 0 Å². The van der Waals surface area contributed by atoms with Gasteiger partial charge in [-0.05, 0) is 68.5 Å². The fourth-order valence-corrected chi connectivity index (χ4v) is 3.47. The van der Waals surface area contributed by atoms with Crippen molar-refractivity contribution in [2.75, 3.05) is 29.4 Å². The predicted octanol–water partition coefficient (Wildman–Crippen LogP) is 5.68. The Morgan fingerprint density at radius 3 is 2.39 bits per heavy atom. The van der Waals surface area contributed by atoms with Crippen LogP contribution in [0.25, 0.3) is 0 Å². The van der Waals surface area contributed by atoms with Crippen LogP contribution >= 0.6 is 23.2 Å². The second kappa shape index (κ2) is 9.62. The van der Waals surface area contributed by atoms with E-state index in [0.29, 0.717) is 16.0 Å². The molecule has 1 saturated carbocycles. The van der Waals surface area contributed by atoms with E-state index in [0.717, 1.165) is 37.6 Å². The lowest BCUT2D eigenvalue weighted by Gasteiger charge is -2.28. The van der Waals surface area contributed by atoms with Crippen molar-refractivity contribution < 1.29 is 4.79 Å². The van der Waals surface area contributed by atoms with Crippen molar-refractivity contribution in [1.29, 1.82) is 0 Å². The van der Waals surface area contributed by atoms with Gasteiger partial charge in [0.25, 0.3) is 0 Å². The summed E-state index contributed by atoms with van der Waals surface area (Å²) in [4.78, 5) is 21.7. The van der Waals surface area contributed by atoms with E-state index >= 15 is 0 Å². The van der Waals surface area contributed by atoms with Crippen LogP contribution in [0.4, 0.5) is 11.5 Å². The Labute approximate surface area is 177 Å². The molecule has 0 saturated heterocycles. The maximum absolute atomic E-state index is 13.2. The lowest BCUT2D eigenvalue weighted by atomic mass is 10.0. The zero-order chi connectivity index (χ0) is 20.1. The summed E-state index contributed by atoms with van der Waals surface area (Å²) in [7, 11) is 0. The Morgan fingerprint density at radius 1 is 1.14 bits per heavy atom. The van der Waals surface area contributed by atoms with Gasteiger partial charge >= 0.3 is 0 Å². The highest BCUT2D eigenvalue weighted by molar-refractivity contribution is 6.30. The molecule has 1 heterocycles. The summed E-state index contributed by atoms with van der Waals surface area (Å²) in [5.41, 5.74) is 0.930. The normalized spacial score (nSPS) is 14.6. The van der Waals surface area contributed by atoms with Crippen LogP contribution in [0.5, 0.6) is 0 Å². The molecule has 6 heteroatoms. The fourth-order valence-electron chi connectivity index (χ4n) is 3.23. The molecule has 1 aromatic carbocycles. The van der Waals surface area contributed by atoms with Crippen LogP contribution in [0.2, 0.25) is 10.0 Å². The van der Waals surface area contributed by atoms with Gasteiger partial charge in [-0.25, -0.2) is 4.98 Å². The van der Waals surface area contributed by atoms with Crippen molar-refractivity contribution in [3.8, 4) is 0 Å². The lowest BCUT2D eigenvalue weighted by Crippen LogP contribution is -2.38. The zero-order valence-electron chi connectivity index (χ0n) is 16.4. The summed E-state index contributed by atoms with van der Waals surface area (Å²) in [5.74, 6) is 1.61. The minimum atomic E-state index is -0.0734. The highest BCUT2D eigenvalue weighted by Gasteiger charge is 2.30. The molecule has 2 aromatic rings. The van der Waals surface area contributed by atoms with Gasteiger partial charge in [-0.15, -0.1) is 0 Å². The number of nitrogens with zero attached hydrogens (tertiary/aromatic N) is 3. The minimum absolute atomic E-state index is 0.0734. The van der Waals surface area contributed by atoms with E-state index in [-0.39, 0.29) is 11.8 Å². The smallest absolute Gasteiger partial charge is 0.229 e. The van der Waals surface area contributed by atoms with Gasteiger partial charge in [0.2, 0.25) is 5.91 Å². The molecule has 0 bridgehead atoms. The summed E-state index contributed by atoms with van der Waals surface area (Å²) in [6, 6.07) is 11.3. The highest BCUT2D eigenvalue weighted by Crippen LogP contribution is 2.32. The van der Waals surface area contributed by atoms with Gasteiger partial charge in [-0.1, -0.05) is 30.1 Å². The van der Waals surface area contributed by atoms with Crippen molar-refractivity contribution in [3.63, 3.8) is 0 Å². The summed E-state index contributed by atoms with van der Waals surface area (Å²) in [5, 5.41) is 1.31. The molecule has 4 nitrogen and oxygen atoms in total. The van der Waals surface area contributed by atoms with Crippen molar-refractivity contribution in [2.24, 2.45) is 11.8 Å². The Morgan fingerprint density at radius 2 is 1.82 bits per heavy atom. The van der Waals surface area contributed by atoms with Crippen molar-refractivity contribution in [3.05, 3.63) is 52.6 Å². The van der Waals surface area contributed by atoms with Crippen molar-refractivity contribution in [1.82, 2.24) is 4.98 Å². The molecule has 1 aromatic heterocycles. The molecule has 0 aliphatic heterocycles. The third-order valence-corrected chi connectivity index (χ3v) is 5.69. The number of hydrogen-bond donors (Lipinski definition) is 0. The Kier molecular flexibility index (Phi) is 7.19. The van der Waals surface area contributed by atoms with E-state index in [1.54, 1.807) is 6.20 Å². The predicted molar refractivity (Wildman–Crippen MR) is 117 cm³/mol. The molecule has 1 amide bonds. The first-order valence-corrected chi connectivity index (χ1v) is 10.7. The monoisotopic (exact) mass is 419 g/mol. The number of halogens is 2. The van der Waals surface area contributed by atoms with Crippen LogP contribution in [0.1, 0.15) is 33.1 Å². The Bertz CT molecular complexity index is 775. The first-order chi connectivity index (χ1) is 13.5. The van der Waals surface area contributed by atoms with Gasteiger partial charge in [-0.2, -0.15) is 0 Å². The molecule has 0 N–H and O–H groups in total. The largest absolute Gasteiger partial charge is 0.357 e. The number of rotatable bonds is 9. The van der Waals surface area contributed by atoms with E-state index in [1.165, 1.54) is 12.8 Å². The Hall–Kier alpha value is -1.78. The number of carbonyl (C=O) groups is 1. The molecule has 1 fully saturated rings. The molecular weight excluding hydrogens is 393 g/mol. The van der Waals surface area contributed by atoms with Crippen LogP contribution in [0, 0.1) is 11.8 Å². The molecule has 1 aliphatic rings. The lowest BCUT2D eigenvalue weighted by molar-refractivity contribution is -0.122. The molecule has 3 rings (SSSR count). The van der Waals surface area contributed by atoms with E-state index < -0.39 is 0 Å². The quantitative estimate of drug-likeness (QED) is 0.523. The van der Waals surface area contributed by atoms with Crippen LogP contribution in [-0.4, -0.2) is 30.5 Å². The van der Waals surface area contributed by atoms with E-state index in [2.05, 4.69) is 16.8 Å². The molecule has 150 valence electrons. The van der Waals surface area contributed by atoms with E-state index in [1.807, 2.05) is 48.2 Å². The number of amides is 1. The number of carbonyl (C=O) groups excluding carboxylic acids is 1. The number of pyridine rings is 1. The maximum Gasteiger partial charge on any atom is 0.229 e. The summed E-state index contributed by atoms with van der Waals surface area (Å²) < 4.78 is 0. The van der Waals surface area contributed by atoms with Crippen molar-refractivity contribution >= 4 is 40.6 Å². The summed E-state index contributed by atoms with van der Waals surface area (Å²) >= 11 is 12.0. The van der Waals surface area contributed by atoms with Crippen LogP contribution in [0.15, 0.2) is 42.6 Å². The van der Waals surface area contributed by atoms with Crippen LogP contribution in [-0.2, 0) is 4.79 Å². The number of hydrogen-bond acceptors (Lipinski definition) is 3. The van der Waals surface area contributed by atoms with Crippen molar-refractivity contribution in [2.45, 2.75) is 33.1 Å². The van der Waals surface area contributed by atoms with Gasteiger partial charge in [0, 0.05) is 42.5 Å². The molecule has 1 atom stereocenters. The first-order valence-electron chi connectivity index (χ1n) is 9.91. The third kappa shape index (κ3) is 5.62. The molecule has 1 unspecified atom stereocenters. The third-order valence-electron chi connectivity index (χ3n) is 5.21. The van der Waals surface area contributed by atoms with Gasteiger partial charge in [0.15, 0.2) is 0 Å². The fraction of sp³-hybridized carbons (Fsp3) is 0.455. The van der Waals surface area contributed by atoms with Gasteiger partial charge in [0.1, 0.15) is 5.82 Å². The first kappa shape index (κ1) is 20.9. The highest BCUT2D eigenvalue weighted by atomic mass is 35.5. The molecule has 0 radical (unpaired) electrons. The second-order valence-electron chi connectivity index (χ2n) is 7.47. The Balaban J connectivity index is 1.64. The molecular formula is C22H27Cl2N3O. The zero-order valence-corrected chi connectivity index (χ0v) is 18.0. The summed E-state index contributed by atoms with van der Waals surface area (Å²) in [6.45, 7) is 6.51. The standard InChI is InChI=1S/C22H27Cl2N3O/c1-3-26(21-11-8-19(24)14-25-21)13-12-16(2)22(28)27(15-17-4-5-17)20-9-6-18(23)7-10-20/h6-11,14,16-17H,3-5,12-13,15H2,1-2H3. The van der Waals surface area contributed by atoms with E-state index in [9.17, 15) is 4.79 Å².